The molecule has 118 valence electrons. The van der Waals surface area contributed by atoms with E-state index >= 15 is 0 Å². The van der Waals surface area contributed by atoms with Crippen LogP contribution >= 0.6 is 0 Å². The minimum Gasteiger partial charge on any atom is -0.367 e. The number of ether oxygens (including phenoxy) is 1. The van der Waals surface area contributed by atoms with E-state index in [-0.39, 0.29) is 5.60 Å². The smallest absolute Gasteiger partial charge is 0.246 e. The van der Waals surface area contributed by atoms with E-state index in [4.69, 9.17) is 15.0 Å². The first-order chi connectivity index (χ1) is 10.1. The molecule has 2 aliphatic rings. The Labute approximate surface area is 126 Å². The van der Waals surface area contributed by atoms with Gasteiger partial charge in [-0.15, -0.1) is 0 Å². The minimum absolute atomic E-state index is 0.340. The molecule has 0 amide bonds. The Bertz CT molecular complexity index is 482. The van der Waals surface area contributed by atoms with Gasteiger partial charge in [0.05, 0.1) is 5.54 Å². The predicted octanol–water partition coefficient (Wildman–Crippen LogP) is 3.24. The second kappa shape index (κ2) is 5.69. The van der Waals surface area contributed by atoms with E-state index in [9.17, 15) is 0 Å². The van der Waals surface area contributed by atoms with Gasteiger partial charge >= 0.3 is 0 Å². The number of nitrogens with zero attached hydrogens (tertiary/aromatic N) is 2. The Balaban J connectivity index is 1.85. The van der Waals surface area contributed by atoms with Crippen LogP contribution in [-0.4, -0.2) is 16.7 Å². The van der Waals surface area contributed by atoms with Crippen LogP contribution in [0.15, 0.2) is 4.52 Å². The van der Waals surface area contributed by atoms with Crippen molar-refractivity contribution in [2.75, 3.05) is 6.61 Å². The van der Waals surface area contributed by atoms with Gasteiger partial charge < -0.3 is 15.0 Å². The van der Waals surface area contributed by atoms with Gasteiger partial charge in [-0.05, 0) is 51.4 Å². The van der Waals surface area contributed by atoms with Crippen molar-refractivity contribution in [1.29, 1.82) is 0 Å². The standard InChI is InChI=1S/C16H27N3O2/c1-3-20-16(9-4-5-10-16)13-18-14(21-19-13)15(17)8-6-7-12(2)11-15/h12H,3-11,17H2,1-2H3. The highest BCUT2D eigenvalue weighted by atomic mass is 16.5. The van der Waals surface area contributed by atoms with E-state index in [0.29, 0.717) is 24.2 Å². The molecule has 0 aromatic carbocycles. The SMILES string of the molecule is CCOC1(c2noc(C3(N)CCCC(C)C3)n2)CCCC1. The summed E-state index contributed by atoms with van der Waals surface area (Å²) in [5.74, 6) is 1.93. The zero-order valence-corrected chi connectivity index (χ0v) is 13.2. The van der Waals surface area contributed by atoms with Crippen LogP contribution < -0.4 is 5.73 Å². The van der Waals surface area contributed by atoms with E-state index in [1.165, 1.54) is 6.42 Å². The zero-order chi connectivity index (χ0) is 14.9. The molecule has 1 aromatic heterocycles. The van der Waals surface area contributed by atoms with Crippen molar-refractivity contribution >= 4 is 0 Å². The number of rotatable bonds is 4. The fraction of sp³-hybridized carbons (Fsp3) is 0.875. The number of aromatic nitrogens is 2. The number of hydrogen-bond acceptors (Lipinski definition) is 5. The van der Waals surface area contributed by atoms with Crippen LogP contribution in [0.2, 0.25) is 0 Å². The Morgan fingerprint density at radius 2 is 2.05 bits per heavy atom. The molecule has 0 saturated heterocycles. The Morgan fingerprint density at radius 1 is 1.29 bits per heavy atom. The van der Waals surface area contributed by atoms with Crippen LogP contribution in [-0.2, 0) is 15.9 Å². The predicted molar refractivity (Wildman–Crippen MR) is 79.6 cm³/mol. The van der Waals surface area contributed by atoms with Crippen molar-refractivity contribution < 1.29 is 9.26 Å². The molecule has 0 radical (unpaired) electrons. The van der Waals surface area contributed by atoms with Gasteiger partial charge in [-0.1, -0.05) is 24.9 Å². The molecule has 0 bridgehead atoms. The second-order valence-corrected chi connectivity index (χ2v) is 6.92. The fourth-order valence-electron chi connectivity index (χ4n) is 4.05. The molecule has 3 rings (SSSR count). The van der Waals surface area contributed by atoms with Crippen molar-refractivity contribution in [1.82, 2.24) is 10.1 Å². The van der Waals surface area contributed by atoms with E-state index in [1.54, 1.807) is 0 Å². The monoisotopic (exact) mass is 293 g/mol. The Hall–Kier alpha value is -0.940. The maximum Gasteiger partial charge on any atom is 0.246 e. The summed E-state index contributed by atoms with van der Waals surface area (Å²) in [5, 5.41) is 4.24. The molecule has 5 heteroatoms. The third-order valence-electron chi connectivity index (χ3n) is 5.12. The number of nitrogens with two attached hydrogens (primary N) is 1. The molecular weight excluding hydrogens is 266 g/mol. The highest BCUT2D eigenvalue weighted by molar-refractivity contribution is 5.10. The molecule has 2 unspecified atom stereocenters. The van der Waals surface area contributed by atoms with Crippen molar-refractivity contribution in [3.05, 3.63) is 11.7 Å². The van der Waals surface area contributed by atoms with E-state index < -0.39 is 5.54 Å². The normalized spacial score (nSPS) is 32.4. The van der Waals surface area contributed by atoms with Crippen molar-refractivity contribution in [2.45, 2.75) is 76.4 Å². The zero-order valence-electron chi connectivity index (χ0n) is 13.2. The summed E-state index contributed by atoms with van der Waals surface area (Å²) >= 11 is 0. The molecule has 2 aliphatic carbocycles. The lowest BCUT2D eigenvalue weighted by Crippen LogP contribution is -2.41. The lowest BCUT2D eigenvalue weighted by molar-refractivity contribution is -0.0469. The molecule has 21 heavy (non-hydrogen) atoms. The molecule has 2 atom stereocenters. The maximum atomic E-state index is 6.56. The van der Waals surface area contributed by atoms with Gasteiger partial charge in [0.15, 0.2) is 0 Å². The molecule has 1 aromatic rings. The molecule has 2 saturated carbocycles. The lowest BCUT2D eigenvalue weighted by Gasteiger charge is -2.33. The van der Waals surface area contributed by atoms with Gasteiger partial charge in [0.2, 0.25) is 11.7 Å². The summed E-state index contributed by atoms with van der Waals surface area (Å²) < 4.78 is 11.6. The topological polar surface area (TPSA) is 74.2 Å². The van der Waals surface area contributed by atoms with Crippen LogP contribution in [0.3, 0.4) is 0 Å². The summed E-state index contributed by atoms with van der Waals surface area (Å²) in [4.78, 5) is 4.69. The molecule has 2 fully saturated rings. The highest BCUT2D eigenvalue weighted by Crippen LogP contribution is 2.42. The van der Waals surface area contributed by atoms with Gasteiger partial charge in [0, 0.05) is 6.61 Å². The highest BCUT2D eigenvalue weighted by Gasteiger charge is 2.44. The van der Waals surface area contributed by atoms with Crippen LogP contribution in [0.1, 0.15) is 76.9 Å². The fourth-order valence-corrected chi connectivity index (χ4v) is 4.05. The van der Waals surface area contributed by atoms with Crippen LogP contribution in [0.25, 0.3) is 0 Å². The quantitative estimate of drug-likeness (QED) is 0.922. The van der Waals surface area contributed by atoms with E-state index in [2.05, 4.69) is 17.1 Å². The maximum absolute atomic E-state index is 6.56. The summed E-state index contributed by atoms with van der Waals surface area (Å²) in [7, 11) is 0. The second-order valence-electron chi connectivity index (χ2n) is 6.92. The van der Waals surface area contributed by atoms with Crippen LogP contribution in [0, 0.1) is 5.92 Å². The molecule has 2 N–H and O–H groups in total. The van der Waals surface area contributed by atoms with Crippen LogP contribution in [0.5, 0.6) is 0 Å². The molecule has 5 nitrogen and oxygen atoms in total. The van der Waals surface area contributed by atoms with Crippen LogP contribution in [0.4, 0.5) is 0 Å². The average molecular weight is 293 g/mol. The Morgan fingerprint density at radius 3 is 2.71 bits per heavy atom. The van der Waals surface area contributed by atoms with Gasteiger partial charge in [0.1, 0.15) is 5.60 Å². The van der Waals surface area contributed by atoms with Gasteiger partial charge in [-0.2, -0.15) is 4.98 Å². The lowest BCUT2D eigenvalue weighted by atomic mass is 9.77. The third kappa shape index (κ3) is 2.73. The largest absolute Gasteiger partial charge is 0.367 e. The molecule has 0 aliphatic heterocycles. The van der Waals surface area contributed by atoms with Gasteiger partial charge in [0.25, 0.3) is 0 Å². The average Bonchev–Trinajstić information content (AvgIpc) is 3.08. The van der Waals surface area contributed by atoms with Crippen molar-refractivity contribution in [3.63, 3.8) is 0 Å². The van der Waals surface area contributed by atoms with Crippen molar-refractivity contribution in [3.8, 4) is 0 Å². The molecule has 1 heterocycles. The van der Waals surface area contributed by atoms with E-state index in [1.807, 2.05) is 6.92 Å². The number of hydrogen-bond donors (Lipinski definition) is 1. The van der Waals surface area contributed by atoms with Gasteiger partial charge in [-0.25, -0.2) is 0 Å². The molecule has 0 spiro atoms. The summed E-state index contributed by atoms with van der Waals surface area (Å²) in [6, 6.07) is 0. The van der Waals surface area contributed by atoms with Gasteiger partial charge in [-0.3, -0.25) is 0 Å². The Kier molecular flexibility index (Phi) is 4.06. The summed E-state index contributed by atoms with van der Waals surface area (Å²) in [5.41, 5.74) is 5.77. The first-order valence-electron chi connectivity index (χ1n) is 8.35. The van der Waals surface area contributed by atoms with E-state index in [0.717, 1.165) is 44.9 Å². The minimum atomic E-state index is -0.449. The summed E-state index contributed by atoms with van der Waals surface area (Å²) in [6.45, 7) is 4.94. The van der Waals surface area contributed by atoms with Crippen molar-refractivity contribution in [2.24, 2.45) is 11.7 Å². The summed E-state index contributed by atoms with van der Waals surface area (Å²) in [6.07, 6.45) is 8.51. The first-order valence-corrected chi connectivity index (χ1v) is 8.35. The molecular formula is C16H27N3O2. The first kappa shape index (κ1) is 15.0. The third-order valence-corrected chi connectivity index (χ3v) is 5.12.